The van der Waals surface area contributed by atoms with Crippen LogP contribution in [0.15, 0.2) is 24.3 Å². The van der Waals surface area contributed by atoms with E-state index in [4.69, 9.17) is 10.5 Å². The van der Waals surface area contributed by atoms with Gasteiger partial charge in [0.15, 0.2) is 0 Å². The predicted octanol–water partition coefficient (Wildman–Crippen LogP) is 2.20. The first kappa shape index (κ1) is 10.5. The van der Waals surface area contributed by atoms with Crippen LogP contribution in [-0.4, -0.2) is 6.61 Å². The average Bonchev–Trinajstić information content (AvgIpc) is 2.12. The van der Waals surface area contributed by atoms with Crippen LogP contribution in [-0.2, 0) is 4.74 Å². The molecular formula is C10H14ClNO. The van der Waals surface area contributed by atoms with Crippen molar-refractivity contribution in [1.82, 2.24) is 0 Å². The molecule has 2 atom stereocenters. The molecule has 0 aliphatic carbocycles. The summed E-state index contributed by atoms with van der Waals surface area (Å²) < 4.78 is 5.49. The van der Waals surface area contributed by atoms with Crippen molar-refractivity contribution in [2.24, 2.45) is 5.73 Å². The lowest BCUT2D eigenvalue weighted by molar-refractivity contribution is 0.0408. The number of hydrogen-bond acceptors (Lipinski definition) is 2. The maximum absolute atomic E-state index is 5.88. The van der Waals surface area contributed by atoms with Gasteiger partial charge >= 0.3 is 0 Å². The summed E-state index contributed by atoms with van der Waals surface area (Å²) in [5, 5.41) is 0. The molecule has 3 heteroatoms. The first-order chi connectivity index (χ1) is 5.79. The number of nitrogens with two attached hydrogens (primary N) is 1. The lowest BCUT2D eigenvalue weighted by atomic mass is 9.95. The van der Waals surface area contributed by atoms with E-state index in [0.29, 0.717) is 6.61 Å². The zero-order chi connectivity index (χ0) is 8.55. The van der Waals surface area contributed by atoms with E-state index in [2.05, 4.69) is 19.1 Å². The second kappa shape index (κ2) is 4.09. The van der Waals surface area contributed by atoms with Crippen LogP contribution in [0.25, 0.3) is 0 Å². The Balaban J connectivity index is 0.000000845. The largest absolute Gasteiger partial charge is 0.372 e. The first-order valence-corrected chi connectivity index (χ1v) is 4.25. The molecule has 0 saturated carbocycles. The SMILES string of the molecule is CC1OCC(N)c2ccccc21.Cl. The van der Waals surface area contributed by atoms with Crippen molar-refractivity contribution >= 4 is 12.4 Å². The zero-order valence-corrected chi connectivity index (χ0v) is 8.38. The fourth-order valence-corrected chi connectivity index (χ4v) is 1.65. The number of halogens is 1. The summed E-state index contributed by atoms with van der Waals surface area (Å²) in [7, 11) is 0. The molecule has 13 heavy (non-hydrogen) atoms. The third-order valence-corrected chi connectivity index (χ3v) is 2.36. The molecule has 0 spiro atoms. The summed E-state index contributed by atoms with van der Waals surface area (Å²) in [4.78, 5) is 0. The van der Waals surface area contributed by atoms with E-state index in [-0.39, 0.29) is 24.6 Å². The minimum Gasteiger partial charge on any atom is -0.372 e. The molecule has 0 radical (unpaired) electrons. The predicted molar refractivity (Wildman–Crippen MR) is 55.0 cm³/mol. The maximum atomic E-state index is 5.88. The van der Waals surface area contributed by atoms with Gasteiger partial charge in [-0.3, -0.25) is 0 Å². The number of benzene rings is 1. The van der Waals surface area contributed by atoms with Crippen molar-refractivity contribution in [2.45, 2.75) is 19.1 Å². The van der Waals surface area contributed by atoms with Crippen LogP contribution in [0, 0.1) is 0 Å². The summed E-state index contributed by atoms with van der Waals surface area (Å²) in [6.45, 7) is 2.70. The molecule has 1 aromatic carbocycles. The molecule has 2 unspecified atom stereocenters. The Morgan fingerprint density at radius 2 is 1.92 bits per heavy atom. The Morgan fingerprint density at radius 3 is 2.54 bits per heavy atom. The summed E-state index contributed by atoms with van der Waals surface area (Å²) in [6, 6.07) is 8.27. The molecule has 72 valence electrons. The summed E-state index contributed by atoms with van der Waals surface area (Å²) >= 11 is 0. The number of fused-ring (bicyclic) bond motifs is 1. The third kappa shape index (κ3) is 1.85. The Morgan fingerprint density at radius 1 is 1.31 bits per heavy atom. The highest BCUT2D eigenvalue weighted by Gasteiger charge is 2.21. The van der Waals surface area contributed by atoms with Gasteiger partial charge in [0, 0.05) is 0 Å². The van der Waals surface area contributed by atoms with Crippen molar-refractivity contribution in [3.63, 3.8) is 0 Å². The Bertz CT molecular complexity index is 261. The molecule has 2 nitrogen and oxygen atoms in total. The normalized spacial score (nSPS) is 26.0. The van der Waals surface area contributed by atoms with E-state index in [9.17, 15) is 0 Å². The van der Waals surface area contributed by atoms with Crippen LogP contribution >= 0.6 is 12.4 Å². The van der Waals surface area contributed by atoms with E-state index in [1.807, 2.05) is 12.1 Å². The minimum atomic E-state index is 0. The van der Waals surface area contributed by atoms with Crippen LogP contribution in [0.1, 0.15) is 30.2 Å². The number of rotatable bonds is 0. The monoisotopic (exact) mass is 199 g/mol. The first-order valence-electron chi connectivity index (χ1n) is 4.25. The Hall–Kier alpha value is -0.570. The molecule has 2 rings (SSSR count). The van der Waals surface area contributed by atoms with E-state index in [0.717, 1.165) is 0 Å². The summed E-state index contributed by atoms with van der Waals surface area (Å²) in [5.41, 5.74) is 8.35. The Kier molecular flexibility index (Phi) is 3.31. The second-order valence-electron chi connectivity index (χ2n) is 3.21. The minimum absolute atomic E-state index is 0. The van der Waals surface area contributed by atoms with E-state index in [1.165, 1.54) is 11.1 Å². The highest BCUT2D eigenvalue weighted by atomic mass is 35.5. The molecule has 0 fully saturated rings. The van der Waals surface area contributed by atoms with E-state index < -0.39 is 0 Å². The molecule has 0 saturated heterocycles. The quantitative estimate of drug-likeness (QED) is 0.696. The molecule has 0 aromatic heterocycles. The van der Waals surface area contributed by atoms with Crippen molar-refractivity contribution in [1.29, 1.82) is 0 Å². The zero-order valence-electron chi connectivity index (χ0n) is 7.57. The van der Waals surface area contributed by atoms with Crippen LogP contribution in [0.5, 0.6) is 0 Å². The molecule has 0 bridgehead atoms. The van der Waals surface area contributed by atoms with Gasteiger partial charge in [-0.25, -0.2) is 0 Å². The van der Waals surface area contributed by atoms with Crippen molar-refractivity contribution in [2.75, 3.05) is 6.61 Å². The second-order valence-corrected chi connectivity index (χ2v) is 3.21. The van der Waals surface area contributed by atoms with Gasteiger partial charge in [-0.2, -0.15) is 0 Å². The summed E-state index contributed by atoms with van der Waals surface area (Å²) in [6.07, 6.45) is 0.195. The molecular weight excluding hydrogens is 186 g/mol. The fourth-order valence-electron chi connectivity index (χ4n) is 1.65. The van der Waals surface area contributed by atoms with Gasteiger partial charge in [-0.05, 0) is 18.1 Å². The van der Waals surface area contributed by atoms with E-state index in [1.54, 1.807) is 0 Å². The van der Waals surface area contributed by atoms with Gasteiger partial charge in [0.05, 0.1) is 18.8 Å². The maximum Gasteiger partial charge on any atom is 0.0801 e. The topological polar surface area (TPSA) is 35.2 Å². The smallest absolute Gasteiger partial charge is 0.0801 e. The van der Waals surface area contributed by atoms with Crippen molar-refractivity contribution in [3.05, 3.63) is 35.4 Å². The van der Waals surface area contributed by atoms with Gasteiger partial charge in [-0.1, -0.05) is 24.3 Å². The number of ether oxygens (including phenoxy) is 1. The highest BCUT2D eigenvalue weighted by Crippen LogP contribution is 2.30. The number of hydrogen-bond donors (Lipinski definition) is 1. The molecule has 1 heterocycles. The average molecular weight is 200 g/mol. The molecule has 1 aliphatic rings. The van der Waals surface area contributed by atoms with Gasteiger partial charge in [-0.15, -0.1) is 12.4 Å². The van der Waals surface area contributed by atoms with Crippen LogP contribution in [0.2, 0.25) is 0 Å². The lowest BCUT2D eigenvalue weighted by Gasteiger charge is -2.27. The van der Waals surface area contributed by atoms with Gasteiger partial charge in [0.2, 0.25) is 0 Å². The van der Waals surface area contributed by atoms with E-state index >= 15 is 0 Å². The summed E-state index contributed by atoms with van der Waals surface area (Å²) in [5.74, 6) is 0. The van der Waals surface area contributed by atoms with Crippen LogP contribution in [0.3, 0.4) is 0 Å². The standard InChI is InChI=1S/C10H13NO.ClH/c1-7-8-4-2-3-5-9(8)10(11)6-12-7;/h2-5,7,10H,6,11H2,1H3;1H. The lowest BCUT2D eigenvalue weighted by Crippen LogP contribution is -2.25. The molecule has 0 amide bonds. The molecule has 2 N–H and O–H groups in total. The third-order valence-electron chi connectivity index (χ3n) is 2.36. The van der Waals surface area contributed by atoms with Gasteiger partial charge in [0.25, 0.3) is 0 Å². The highest BCUT2D eigenvalue weighted by molar-refractivity contribution is 5.85. The van der Waals surface area contributed by atoms with Crippen molar-refractivity contribution < 1.29 is 4.74 Å². The fraction of sp³-hybridized carbons (Fsp3) is 0.400. The van der Waals surface area contributed by atoms with Gasteiger partial charge in [0.1, 0.15) is 0 Å². The Labute approximate surface area is 84.5 Å². The molecule has 1 aromatic rings. The van der Waals surface area contributed by atoms with Crippen LogP contribution in [0.4, 0.5) is 0 Å². The van der Waals surface area contributed by atoms with Crippen molar-refractivity contribution in [3.8, 4) is 0 Å². The molecule has 1 aliphatic heterocycles. The van der Waals surface area contributed by atoms with Crippen LogP contribution < -0.4 is 5.73 Å². The van der Waals surface area contributed by atoms with Gasteiger partial charge < -0.3 is 10.5 Å².